The minimum absolute atomic E-state index is 0.0255. The van der Waals surface area contributed by atoms with E-state index in [1.165, 1.54) is 28.8 Å². The average molecular weight is 758 g/mol. The molecule has 16 nitrogen and oxygen atoms in total. The van der Waals surface area contributed by atoms with E-state index in [2.05, 4.69) is 10.5 Å². The number of carboxylic acid groups (broad SMARTS) is 1. The quantitative estimate of drug-likeness (QED) is 0.231. The predicted molar refractivity (Wildman–Crippen MR) is 181 cm³/mol. The third kappa shape index (κ3) is 7.29. The maximum Gasteiger partial charge on any atom is 0.415 e. The number of carbonyl (C=O) groups is 4. The zero-order valence-electron chi connectivity index (χ0n) is 28.5. The van der Waals surface area contributed by atoms with Gasteiger partial charge in [-0.15, -0.1) is 0 Å². The zero-order chi connectivity index (χ0) is 38.4. The smallest absolute Gasteiger partial charge is 0.415 e. The third-order valence-corrected chi connectivity index (χ3v) is 9.88. The SMILES string of the molecule is CC1=NO[C@@]2(CCC(C)N3CC2n2cc(C(=O)NCc4ccc(F)cc4F)c(=O)c(OC(=O)N(C)Cc4cc(C(=O)O)ccc4OP(O)O)c2C3=O)C1. The first-order chi connectivity index (χ1) is 25.1. The van der Waals surface area contributed by atoms with E-state index >= 15 is 0 Å². The van der Waals surface area contributed by atoms with E-state index in [1.807, 2.05) is 6.92 Å². The second-order valence-corrected chi connectivity index (χ2v) is 13.8. The molecule has 1 fully saturated rings. The van der Waals surface area contributed by atoms with E-state index < -0.39 is 85.6 Å². The molecule has 4 heterocycles. The van der Waals surface area contributed by atoms with Crippen molar-refractivity contribution in [3.8, 4) is 11.5 Å². The Morgan fingerprint density at radius 2 is 1.91 bits per heavy atom. The van der Waals surface area contributed by atoms with Crippen molar-refractivity contribution in [2.45, 2.75) is 63.9 Å². The van der Waals surface area contributed by atoms with Gasteiger partial charge in [0.1, 0.15) is 22.9 Å². The monoisotopic (exact) mass is 757 g/mol. The number of aromatic nitrogens is 1. The van der Waals surface area contributed by atoms with Gasteiger partial charge in [-0.2, -0.15) is 0 Å². The summed E-state index contributed by atoms with van der Waals surface area (Å²) < 4.78 is 39.9. The lowest BCUT2D eigenvalue weighted by Crippen LogP contribution is -2.52. The van der Waals surface area contributed by atoms with Crippen LogP contribution in [0.4, 0.5) is 13.6 Å². The summed E-state index contributed by atoms with van der Waals surface area (Å²) >= 11 is 0. The molecule has 2 unspecified atom stereocenters. The number of nitrogens with zero attached hydrogens (tertiary/aromatic N) is 4. The van der Waals surface area contributed by atoms with E-state index in [1.54, 1.807) is 6.92 Å². The van der Waals surface area contributed by atoms with Gasteiger partial charge in [-0.25, -0.2) is 18.4 Å². The van der Waals surface area contributed by atoms with Gasteiger partial charge in [0.15, 0.2) is 11.3 Å². The van der Waals surface area contributed by atoms with Crippen molar-refractivity contribution < 1.29 is 57.0 Å². The molecule has 0 aliphatic carbocycles. The molecule has 2 aromatic carbocycles. The summed E-state index contributed by atoms with van der Waals surface area (Å²) in [6.45, 7) is 2.84. The molecule has 0 saturated carbocycles. The van der Waals surface area contributed by atoms with Crippen LogP contribution in [0.25, 0.3) is 0 Å². The first-order valence-corrected chi connectivity index (χ1v) is 17.4. The average Bonchev–Trinajstić information content (AvgIpc) is 3.43. The Morgan fingerprint density at radius 3 is 2.57 bits per heavy atom. The normalized spacial score (nSPS) is 20.3. The Hall–Kier alpha value is -5.45. The van der Waals surface area contributed by atoms with E-state index in [0.29, 0.717) is 31.0 Å². The van der Waals surface area contributed by atoms with Gasteiger partial charge >= 0.3 is 20.7 Å². The van der Waals surface area contributed by atoms with Crippen LogP contribution in [0.1, 0.15) is 81.5 Å². The molecule has 19 heteroatoms. The molecule has 3 amide bonds. The van der Waals surface area contributed by atoms with Gasteiger partial charge in [-0.05, 0) is 51.0 Å². The Morgan fingerprint density at radius 1 is 1.15 bits per heavy atom. The molecule has 1 spiro atoms. The standard InChI is InChI=1S/C34H34F2N5O11P/c1-17-12-34(52-38-17)9-8-18(2)40-16-26(34)41-15-23(30(43)37-13-20-4-6-22(35)11-24(20)36)28(42)29(27(41)31(40)44)50-33(47)39(3)14-21-10-19(32(45)46)5-7-25(21)51-53(48)49/h4-7,10-11,15,18,26,48-49H,8-9,12-14,16H2,1-3H3,(H,37,43)(H,45,46)/t18?,26?,34-/m0/s1. The lowest BCUT2D eigenvalue weighted by Gasteiger charge is -2.42. The summed E-state index contributed by atoms with van der Waals surface area (Å²) in [5.41, 5.74) is -2.61. The number of benzene rings is 2. The molecule has 6 rings (SSSR count). The fourth-order valence-corrected chi connectivity index (χ4v) is 7.16. The molecule has 280 valence electrons. The molecule has 3 atom stereocenters. The number of fused-ring (bicyclic) bond motifs is 5. The second-order valence-electron chi connectivity index (χ2n) is 13.1. The predicted octanol–water partition coefficient (Wildman–Crippen LogP) is 3.69. The molecule has 4 N–H and O–H groups in total. The fourth-order valence-electron chi connectivity index (χ4n) is 6.80. The van der Waals surface area contributed by atoms with Crippen LogP contribution in [0.5, 0.6) is 11.5 Å². The lowest BCUT2D eigenvalue weighted by molar-refractivity contribution is -0.0655. The van der Waals surface area contributed by atoms with Gasteiger partial charge in [0.2, 0.25) is 11.2 Å². The number of rotatable bonds is 9. The molecule has 1 saturated heterocycles. The highest BCUT2D eigenvalue weighted by molar-refractivity contribution is 7.39. The minimum atomic E-state index is -2.93. The summed E-state index contributed by atoms with van der Waals surface area (Å²) in [6.07, 6.45) is 1.27. The van der Waals surface area contributed by atoms with Crippen LogP contribution in [0.2, 0.25) is 0 Å². The Kier molecular flexibility index (Phi) is 10.2. The van der Waals surface area contributed by atoms with Crippen molar-refractivity contribution in [3.63, 3.8) is 0 Å². The van der Waals surface area contributed by atoms with Crippen molar-refractivity contribution in [2.75, 3.05) is 13.6 Å². The lowest BCUT2D eigenvalue weighted by atomic mass is 9.84. The number of carboxylic acids is 1. The maximum atomic E-state index is 14.4. The molecule has 53 heavy (non-hydrogen) atoms. The first-order valence-electron chi connectivity index (χ1n) is 16.3. The number of aromatic carboxylic acids is 1. The minimum Gasteiger partial charge on any atom is -0.478 e. The van der Waals surface area contributed by atoms with E-state index in [4.69, 9.17) is 14.1 Å². The number of pyridine rings is 1. The maximum absolute atomic E-state index is 14.4. The number of nitrogens with one attached hydrogen (secondary N) is 1. The second kappa shape index (κ2) is 14.5. The molecular formula is C34H34F2N5O11P. The van der Waals surface area contributed by atoms with Crippen LogP contribution in [-0.4, -0.2) is 84.1 Å². The molecular weight excluding hydrogens is 723 g/mol. The summed E-state index contributed by atoms with van der Waals surface area (Å²) in [7, 11) is -1.70. The van der Waals surface area contributed by atoms with E-state index in [0.717, 1.165) is 29.2 Å². The van der Waals surface area contributed by atoms with Crippen LogP contribution in [-0.2, 0) is 17.9 Å². The summed E-state index contributed by atoms with van der Waals surface area (Å²) in [6, 6.07) is 5.18. The molecule has 2 bridgehead atoms. The Bertz CT molecular complexity index is 2110. The number of oxime groups is 1. The van der Waals surface area contributed by atoms with Crippen molar-refractivity contribution in [3.05, 3.63) is 92.4 Å². The van der Waals surface area contributed by atoms with E-state index in [9.17, 15) is 47.6 Å². The Balaban J connectivity index is 1.42. The van der Waals surface area contributed by atoms with Crippen LogP contribution in [0.3, 0.4) is 0 Å². The highest BCUT2D eigenvalue weighted by Crippen LogP contribution is 2.46. The number of carbonyl (C=O) groups excluding carboxylic acids is 3. The summed E-state index contributed by atoms with van der Waals surface area (Å²) in [5.74, 6) is -5.69. The number of ether oxygens (including phenoxy) is 1. The highest BCUT2D eigenvalue weighted by atomic mass is 31.2. The molecule has 3 aliphatic heterocycles. The molecule has 3 aliphatic rings. The molecule has 3 aromatic rings. The summed E-state index contributed by atoms with van der Waals surface area (Å²) in [4.78, 5) is 94.7. The third-order valence-electron chi connectivity index (χ3n) is 9.52. The van der Waals surface area contributed by atoms with E-state index in [-0.39, 0.29) is 40.7 Å². The molecule has 1 aromatic heterocycles. The number of halogens is 2. The number of hydrogen-bond acceptors (Lipinski definition) is 11. The van der Waals surface area contributed by atoms with Crippen LogP contribution < -0.4 is 20.0 Å². The van der Waals surface area contributed by atoms with Gasteiger partial charge in [0.25, 0.3) is 11.8 Å². The Labute approximate surface area is 301 Å². The number of amides is 3. The van der Waals surface area contributed by atoms with Gasteiger partial charge < -0.3 is 48.7 Å². The largest absolute Gasteiger partial charge is 0.478 e. The van der Waals surface area contributed by atoms with Gasteiger partial charge in [0, 0.05) is 56.0 Å². The fraction of sp³-hybridized carbons (Fsp3) is 0.353. The van der Waals surface area contributed by atoms with Crippen molar-refractivity contribution in [1.29, 1.82) is 0 Å². The summed E-state index contributed by atoms with van der Waals surface area (Å²) in [5, 5.41) is 16.1. The highest BCUT2D eigenvalue weighted by Gasteiger charge is 2.54. The van der Waals surface area contributed by atoms with Gasteiger partial charge in [-0.1, -0.05) is 11.2 Å². The zero-order valence-corrected chi connectivity index (χ0v) is 29.4. The van der Waals surface area contributed by atoms with Crippen LogP contribution >= 0.6 is 8.60 Å². The molecule has 0 radical (unpaired) electrons. The van der Waals surface area contributed by atoms with Gasteiger partial charge in [0.05, 0.1) is 23.9 Å². The number of hydrogen-bond donors (Lipinski definition) is 4. The van der Waals surface area contributed by atoms with Crippen molar-refractivity contribution in [1.82, 2.24) is 19.7 Å². The van der Waals surface area contributed by atoms with Crippen LogP contribution in [0, 0.1) is 11.6 Å². The first kappa shape index (κ1) is 37.3. The van der Waals surface area contributed by atoms with Crippen LogP contribution in [0.15, 0.2) is 52.5 Å². The topological polar surface area (TPSA) is 210 Å². The van der Waals surface area contributed by atoms with Gasteiger partial charge in [-0.3, -0.25) is 14.4 Å². The van der Waals surface area contributed by atoms with Crippen molar-refractivity contribution in [2.24, 2.45) is 5.16 Å². The van der Waals surface area contributed by atoms with Crippen molar-refractivity contribution >= 4 is 38.2 Å².